The molecule has 0 bridgehead atoms. The van der Waals surface area contributed by atoms with Gasteiger partial charge in [0.2, 0.25) is 0 Å². The molecule has 2 aliphatic rings. The second-order valence-corrected chi connectivity index (χ2v) is 9.58. The van der Waals surface area contributed by atoms with Gasteiger partial charge in [0.15, 0.2) is 11.9 Å². The zero-order chi connectivity index (χ0) is 23.0. The third kappa shape index (κ3) is 4.35. The van der Waals surface area contributed by atoms with E-state index in [1.54, 1.807) is 6.92 Å². The molecule has 32 heavy (non-hydrogen) atoms. The lowest BCUT2D eigenvalue weighted by Crippen LogP contribution is -2.35. The predicted molar refractivity (Wildman–Crippen MR) is 117 cm³/mol. The topological polar surface area (TPSA) is 131 Å². The first-order valence-corrected chi connectivity index (χ1v) is 11.9. The summed E-state index contributed by atoms with van der Waals surface area (Å²) in [5.74, 6) is -0.402. The molecule has 1 fully saturated rings. The van der Waals surface area contributed by atoms with Crippen molar-refractivity contribution in [2.45, 2.75) is 50.5 Å². The van der Waals surface area contributed by atoms with Crippen LogP contribution >= 0.6 is 11.6 Å². The van der Waals surface area contributed by atoms with Gasteiger partial charge in [0.05, 0.1) is 16.3 Å². The Labute approximate surface area is 189 Å². The Morgan fingerprint density at radius 2 is 2.03 bits per heavy atom. The molecule has 1 N–H and O–H groups in total. The van der Waals surface area contributed by atoms with Gasteiger partial charge in [-0.1, -0.05) is 23.2 Å². The van der Waals surface area contributed by atoms with Crippen LogP contribution in [-0.2, 0) is 19.6 Å². The molecule has 1 aromatic carbocycles. The Hall–Kier alpha value is -2.92. The summed E-state index contributed by atoms with van der Waals surface area (Å²) in [4.78, 5) is 26.7. The quantitative estimate of drug-likeness (QED) is 0.659. The molecule has 0 spiro atoms. The van der Waals surface area contributed by atoms with Crippen LogP contribution in [0.1, 0.15) is 48.7 Å². The number of halogens is 1. The van der Waals surface area contributed by atoms with Gasteiger partial charge in [0.1, 0.15) is 16.5 Å². The number of amidine groups is 1. The van der Waals surface area contributed by atoms with Gasteiger partial charge in [0, 0.05) is 19.0 Å². The predicted octanol–water partition coefficient (Wildman–Crippen LogP) is 3.30. The van der Waals surface area contributed by atoms with E-state index in [0.717, 1.165) is 25.3 Å². The number of benzene rings is 1. The largest absolute Gasteiger partial charge is 0.449 e. The summed E-state index contributed by atoms with van der Waals surface area (Å²) >= 11 is 6.33. The van der Waals surface area contributed by atoms with Crippen LogP contribution in [0, 0.1) is 6.92 Å². The highest BCUT2D eigenvalue weighted by Crippen LogP contribution is 2.38. The van der Waals surface area contributed by atoms with Crippen LogP contribution < -0.4 is 10.2 Å². The van der Waals surface area contributed by atoms with E-state index in [-0.39, 0.29) is 21.3 Å². The van der Waals surface area contributed by atoms with Crippen molar-refractivity contribution in [2.75, 3.05) is 16.8 Å². The smallest absolute Gasteiger partial charge is 0.340 e. The Kier molecular flexibility index (Phi) is 5.95. The molecule has 4 rings (SSSR count). The van der Waals surface area contributed by atoms with Crippen LogP contribution in [0.25, 0.3) is 0 Å². The average molecular weight is 481 g/mol. The summed E-state index contributed by atoms with van der Waals surface area (Å²) in [6.45, 7) is 3.65. The first kappa shape index (κ1) is 22.3. The number of amides is 1. The summed E-state index contributed by atoms with van der Waals surface area (Å²) in [7, 11) is -4.00. The zero-order valence-electron chi connectivity index (χ0n) is 17.4. The van der Waals surface area contributed by atoms with E-state index in [0.29, 0.717) is 30.2 Å². The second kappa shape index (κ2) is 8.55. The van der Waals surface area contributed by atoms with Crippen molar-refractivity contribution in [1.82, 2.24) is 5.16 Å². The maximum absolute atomic E-state index is 12.8. The fraction of sp³-hybridized carbons (Fsp3) is 0.400. The van der Waals surface area contributed by atoms with Gasteiger partial charge < -0.3 is 19.5 Å². The molecule has 10 nitrogen and oxygen atoms in total. The third-order valence-corrected chi connectivity index (χ3v) is 6.84. The molecule has 170 valence electrons. The lowest BCUT2D eigenvalue weighted by molar-refractivity contribution is -0.123. The number of rotatable bonds is 4. The van der Waals surface area contributed by atoms with Crippen LogP contribution in [0.5, 0.6) is 0 Å². The summed E-state index contributed by atoms with van der Waals surface area (Å²) in [5.41, 5.74) is 0.227. The Morgan fingerprint density at radius 1 is 1.25 bits per heavy atom. The molecule has 3 heterocycles. The number of fused-ring (bicyclic) bond motifs is 3. The van der Waals surface area contributed by atoms with E-state index in [1.807, 2.05) is 4.90 Å². The Balaban J connectivity index is 1.58. The highest BCUT2D eigenvalue weighted by atomic mass is 35.5. The van der Waals surface area contributed by atoms with E-state index in [4.69, 9.17) is 20.9 Å². The first-order chi connectivity index (χ1) is 15.2. The van der Waals surface area contributed by atoms with Crippen LogP contribution in [0.2, 0.25) is 5.02 Å². The number of aryl methyl sites for hydroxylation is 1. The molecular formula is C20H21ClN4O6S. The van der Waals surface area contributed by atoms with Crippen molar-refractivity contribution in [3.05, 3.63) is 34.5 Å². The molecule has 1 saturated heterocycles. The molecule has 12 heteroatoms. The standard InChI is InChI=1S/C20H21ClN4O6S/c1-11-8-17(23-31-11)22-19(26)12(2)30-20(27)13-9-16-15(10-14(13)21)25-7-5-3-4-6-18(25)24-32(16,28)29/h8-10,12H,3-7H2,1-2H3,(H,22,23,26)/t12-/m1/s1. The Morgan fingerprint density at radius 3 is 2.75 bits per heavy atom. The van der Waals surface area contributed by atoms with Crippen molar-refractivity contribution >= 4 is 50.8 Å². The number of carbonyl (C=O) groups is 2. The van der Waals surface area contributed by atoms with Crippen molar-refractivity contribution in [2.24, 2.45) is 4.40 Å². The molecular weight excluding hydrogens is 460 g/mol. The van der Waals surface area contributed by atoms with Crippen molar-refractivity contribution in [3.8, 4) is 0 Å². The van der Waals surface area contributed by atoms with Gasteiger partial charge in [-0.15, -0.1) is 4.40 Å². The number of nitrogens with zero attached hydrogens (tertiary/aromatic N) is 3. The molecule has 0 saturated carbocycles. The van der Waals surface area contributed by atoms with Crippen molar-refractivity contribution < 1.29 is 27.3 Å². The minimum Gasteiger partial charge on any atom is -0.449 e. The van der Waals surface area contributed by atoms with Crippen LogP contribution in [0.3, 0.4) is 0 Å². The molecule has 0 aliphatic carbocycles. The maximum Gasteiger partial charge on any atom is 0.340 e. The van der Waals surface area contributed by atoms with Crippen LogP contribution in [0.4, 0.5) is 11.5 Å². The molecule has 0 radical (unpaired) electrons. The number of hydrogen-bond donors (Lipinski definition) is 1. The third-order valence-electron chi connectivity index (χ3n) is 5.19. The van der Waals surface area contributed by atoms with Gasteiger partial charge in [-0.05, 0) is 38.8 Å². The number of hydrogen-bond acceptors (Lipinski definition) is 8. The molecule has 1 amide bonds. The number of anilines is 2. The average Bonchev–Trinajstić information content (AvgIpc) is 2.98. The summed E-state index contributed by atoms with van der Waals surface area (Å²) in [6, 6.07) is 4.11. The number of sulfonamides is 1. The Bertz CT molecular complexity index is 1220. The van der Waals surface area contributed by atoms with E-state index in [1.165, 1.54) is 19.1 Å². The molecule has 1 aromatic heterocycles. The van der Waals surface area contributed by atoms with Crippen molar-refractivity contribution in [3.63, 3.8) is 0 Å². The van der Waals surface area contributed by atoms with E-state index >= 15 is 0 Å². The van der Waals surface area contributed by atoms with Crippen LogP contribution in [0.15, 0.2) is 32.0 Å². The SMILES string of the molecule is Cc1cc(NC(=O)[C@@H](C)OC(=O)c2cc3c(cc2Cl)N2CCCCCC2=NS3(=O)=O)no1. The number of nitrogens with one attached hydrogen (secondary N) is 1. The number of esters is 1. The van der Waals surface area contributed by atoms with Gasteiger partial charge in [-0.3, -0.25) is 4.79 Å². The normalized spacial score (nSPS) is 18.0. The van der Waals surface area contributed by atoms with E-state index < -0.39 is 28.0 Å². The molecule has 2 aromatic rings. The fourth-order valence-electron chi connectivity index (χ4n) is 3.58. The number of aromatic nitrogens is 1. The van der Waals surface area contributed by atoms with Gasteiger partial charge in [-0.25, -0.2) is 4.79 Å². The van der Waals surface area contributed by atoms with E-state index in [2.05, 4.69) is 14.9 Å². The van der Waals surface area contributed by atoms with Crippen LogP contribution in [-0.4, -0.2) is 43.9 Å². The molecule has 0 unspecified atom stereocenters. The highest BCUT2D eigenvalue weighted by Gasteiger charge is 2.34. The minimum absolute atomic E-state index is 0.0224. The molecule has 1 atom stereocenters. The molecule has 2 aliphatic heterocycles. The lowest BCUT2D eigenvalue weighted by atomic mass is 10.1. The van der Waals surface area contributed by atoms with Gasteiger partial charge in [0.25, 0.3) is 15.9 Å². The minimum atomic E-state index is -4.00. The van der Waals surface area contributed by atoms with Gasteiger partial charge >= 0.3 is 5.97 Å². The zero-order valence-corrected chi connectivity index (χ0v) is 19.0. The monoisotopic (exact) mass is 480 g/mol. The summed E-state index contributed by atoms with van der Waals surface area (Å²) < 4.78 is 39.6. The number of ether oxygens (including phenoxy) is 1. The van der Waals surface area contributed by atoms with Crippen molar-refractivity contribution in [1.29, 1.82) is 0 Å². The lowest BCUT2D eigenvalue weighted by Gasteiger charge is -2.30. The fourth-order valence-corrected chi connectivity index (χ4v) is 5.08. The van der Waals surface area contributed by atoms with E-state index in [9.17, 15) is 18.0 Å². The first-order valence-electron chi connectivity index (χ1n) is 10.1. The summed E-state index contributed by atoms with van der Waals surface area (Å²) in [6.07, 6.45) is 2.07. The number of carbonyl (C=O) groups excluding carboxylic acids is 2. The highest BCUT2D eigenvalue weighted by molar-refractivity contribution is 7.90. The summed E-state index contributed by atoms with van der Waals surface area (Å²) in [5, 5.41) is 6.12. The van der Waals surface area contributed by atoms with Gasteiger partial charge in [-0.2, -0.15) is 8.42 Å². The second-order valence-electron chi connectivity index (χ2n) is 7.60. The maximum atomic E-state index is 12.8.